The van der Waals surface area contributed by atoms with Crippen molar-refractivity contribution in [2.75, 3.05) is 0 Å². The van der Waals surface area contributed by atoms with Crippen molar-refractivity contribution in [1.82, 2.24) is 5.32 Å². The van der Waals surface area contributed by atoms with Crippen LogP contribution in [0.3, 0.4) is 0 Å². The summed E-state index contributed by atoms with van der Waals surface area (Å²) in [7, 11) is -3.82. The summed E-state index contributed by atoms with van der Waals surface area (Å²) in [5.41, 5.74) is 0.863. The molecule has 2 aliphatic heterocycles. The number of hydrogen-bond donors (Lipinski definition) is 1. The van der Waals surface area contributed by atoms with Crippen LogP contribution >= 0.6 is 0 Å². The van der Waals surface area contributed by atoms with Crippen molar-refractivity contribution < 1.29 is 17.9 Å². The predicted octanol–water partition coefficient (Wildman–Crippen LogP) is 2.55. The Balaban J connectivity index is 1.85. The number of para-hydroxylation sites is 1. The number of carbonyl (C=O) groups is 1. The third-order valence-electron chi connectivity index (χ3n) is 4.96. The molecule has 1 saturated heterocycles. The van der Waals surface area contributed by atoms with Crippen LogP contribution in [0.1, 0.15) is 30.4 Å². The summed E-state index contributed by atoms with van der Waals surface area (Å²) in [5.74, 6) is -0.311. The Bertz CT molecular complexity index is 952. The van der Waals surface area contributed by atoms with Crippen LogP contribution in [-0.4, -0.2) is 25.3 Å². The van der Waals surface area contributed by atoms with Crippen LogP contribution in [0.15, 0.2) is 53.4 Å². The summed E-state index contributed by atoms with van der Waals surface area (Å²) < 4.78 is 32.4. The highest BCUT2D eigenvalue weighted by Gasteiger charge is 2.53. The maximum atomic E-state index is 13.2. The molecular formula is C19H19NO4S. The van der Waals surface area contributed by atoms with Gasteiger partial charge in [-0.25, -0.2) is 8.42 Å². The Hall–Kier alpha value is -2.34. The highest BCUT2D eigenvalue weighted by atomic mass is 32.2. The summed E-state index contributed by atoms with van der Waals surface area (Å²) in [6.45, 7) is 3.67. The van der Waals surface area contributed by atoms with E-state index in [4.69, 9.17) is 4.74 Å². The van der Waals surface area contributed by atoms with E-state index < -0.39 is 32.6 Å². The van der Waals surface area contributed by atoms with Gasteiger partial charge >= 0.3 is 0 Å². The van der Waals surface area contributed by atoms with Gasteiger partial charge in [-0.15, -0.1) is 0 Å². The Morgan fingerprint density at radius 3 is 2.52 bits per heavy atom. The van der Waals surface area contributed by atoms with Crippen LogP contribution in [0.4, 0.5) is 0 Å². The first kappa shape index (κ1) is 16.1. The lowest BCUT2D eigenvalue weighted by molar-refractivity contribution is -0.132. The second-order valence-corrected chi connectivity index (χ2v) is 9.02. The molecule has 1 amide bonds. The van der Waals surface area contributed by atoms with E-state index in [0.717, 1.165) is 11.1 Å². The number of fused-ring (bicyclic) bond motifs is 4. The molecule has 0 spiro atoms. The molecule has 1 N–H and O–H groups in total. The number of carbonyl (C=O) groups excluding carboxylic acids is 1. The van der Waals surface area contributed by atoms with E-state index in [-0.39, 0.29) is 4.90 Å². The Morgan fingerprint density at radius 1 is 1.12 bits per heavy atom. The molecule has 25 heavy (non-hydrogen) atoms. The fourth-order valence-corrected chi connectivity index (χ4v) is 5.61. The number of rotatable bonds is 2. The molecule has 0 unspecified atom stereocenters. The molecule has 2 heterocycles. The molecule has 2 aliphatic rings. The van der Waals surface area contributed by atoms with E-state index in [0.29, 0.717) is 12.2 Å². The number of aryl methyl sites for hydroxylation is 1. The minimum absolute atomic E-state index is 0.172. The minimum Gasteiger partial charge on any atom is -0.468 e. The summed E-state index contributed by atoms with van der Waals surface area (Å²) in [5, 5.41) is 1.60. The van der Waals surface area contributed by atoms with Gasteiger partial charge in [0.1, 0.15) is 5.75 Å². The zero-order valence-electron chi connectivity index (χ0n) is 14.0. The number of amides is 1. The van der Waals surface area contributed by atoms with Gasteiger partial charge in [0.2, 0.25) is 5.91 Å². The maximum absolute atomic E-state index is 13.2. The third-order valence-corrected chi connectivity index (χ3v) is 7.10. The van der Waals surface area contributed by atoms with Gasteiger partial charge in [0.05, 0.1) is 4.90 Å². The van der Waals surface area contributed by atoms with Gasteiger partial charge in [0.25, 0.3) is 0 Å². The van der Waals surface area contributed by atoms with Crippen LogP contribution in [0.2, 0.25) is 0 Å². The summed E-state index contributed by atoms with van der Waals surface area (Å²) >= 11 is 0. The van der Waals surface area contributed by atoms with Crippen LogP contribution in [0.5, 0.6) is 5.75 Å². The van der Waals surface area contributed by atoms with Crippen molar-refractivity contribution in [2.24, 2.45) is 0 Å². The lowest BCUT2D eigenvalue weighted by atomic mass is 9.81. The molecule has 0 saturated carbocycles. The molecule has 2 aromatic rings. The number of benzene rings is 2. The zero-order chi connectivity index (χ0) is 17.8. The highest BCUT2D eigenvalue weighted by Crippen LogP contribution is 2.46. The fraction of sp³-hybridized carbons (Fsp3) is 0.316. The standard InChI is InChI=1S/C19H19NO4S/c1-12-7-9-13(10-8-12)25(22,23)17-15-11-19(2,20-18(17)21)24-16-6-4-3-5-14(15)16/h3-10,15,17H,11H2,1-2H3,(H,20,21)/t15-,17-,19-/m0/s1. The van der Waals surface area contributed by atoms with Crippen molar-refractivity contribution in [2.45, 2.75) is 42.1 Å². The van der Waals surface area contributed by atoms with Gasteiger partial charge in [-0.05, 0) is 37.6 Å². The fourth-order valence-electron chi connectivity index (χ4n) is 3.79. The first-order chi connectivity index (χ1) is 11.8. The Morgan fingerprint density at radius 2 is 1.80 bits per heavy atom. The lowest BCUT2D eigenvalue weighted by Gasteiger charge is -2.46. The number of piperidine rings is 1. The molecule has 130 valence electrons. The van der Waals surface area contributed by atoms with Gasteiger partial charge in [-0.3, -0.25) is 4.79 Å². The molecular weight excluding hydrogens is 338 g/mol. The monoisotopic (exact) mass is 357 g/mol. The first-order valence-electron chi connectivity index (χ1n) is 8.21. The van der Waals surface area contributed by atoms with E-state index in [1.165, 1.54) is 0 Å². The van der Waals surface area contributed by atoms with Crippen molar-refractivity contribution in [1.29, 1.82) is 0 Å². The number of sulfone groups is 1. The molecule has 2 bridgehead atoms. The second kappa shape index (κ2) is 5.33. The van der Waals surface area contributed by atoms with Crippen molar-refractivity contribution in [3.63, 3.8) is 0 Å². The second-order valence-electron chi connectivity index (χ2n) is 6.95. The van der Waals surface area contributed by atoms with Gasteiger partial charge in [0.15, 0.2) is 20.8 Å². The van der Waals surface area contributed by atoms with E-state index in [1.807, 2.05) is 31.2 Å². The summed E-state index contributed by atoms with van der Waals surface area (Å²) in [6, 6.07) is 14.0. The van der Waals surface area contributed by atoms with Crippen LogP contribution < -0.4 is 10.1 Å². The topological polar surface area (TPSA) is 72.5 Å². The Kier molecular flexibility index (Phi) is 3.44. The van der Waals surface area contributed by atoms with Crippen molar-refractivity contribution in [3.8, 4) is 5.75 Å². The SMILES string of the molecule is Cc1ccc(S(=O)(=O)[C@@H]2C(=O)N[C@]3(C)C[C@H]2c2ccccc2O3)cc1. The molecule has 1 fully saturated rings. The van der Waals surface area contributed by atoms with Gasteiger partial charge < -0.3 is 10.1 Å². The smallest absolute Gasteiger partial charge is 0.242 e. The third kappa shape index (κ3) is 2.52. The first-order valence-corrected chi connectivity index (χ1v) is 9.75. The quantitative estimate of drug-likeness (QED) is 0.896. The molecule has 3 atom stereocenters. The van der Waals surface area contributed by atoms with Gasteiger partial charge in [-0.1, -0.05) is 35.9 Å². The molecule has 6 heteroatoms. The molecule has 0 aliphatic carbocycles. The average Bonchev–Trinajstić information content (AvgIpc) is 2.54. The number of ether oxygens (including phenoxy) is 1. The van der Waals surface area contributed by atoms with E-state index in [2.05, 4.69) is 5.32 Å². The average molecular weight is 357 g/mol. The van der Waals surface area contributed by atoms with Crippen molar-refractivity contribution >= 4 is 15.7 Å². The van der Waals surface area contributed by atoms with Crippen molar-refractivity contribution in [3.05, 3.63) is 59.7 Å². The highest BCUT2D eigenvalue weighted by molar-refractivity contribution is 7.92. The molecule has 0 radical (unpaired) electrons. The van der Waals surface area contributed by atoms with Gasteiger partial charge in [0, 0.05) is 12.3 Å². The number of hydrogen-bond acceptors (Lipinski definition) is 4. The van der Waals surface area contributed by atoms with Crippen LogP contribution in [0, 0.1) is 6.92 Å². The zero-order valence-corrected chi connectivity index (χ0v) is 14.8. The van der Waals surface area contributed by atoms with Crippen LogP contribution in [-0.2, 0) is 14.6 Å². The lowest BCUT2D eigenvalue weighted by Crippen LogP contribution is -2.63. The molecule has 0 aromatic heterocycles. The Labute approximate surface area is 146 Å². The van der Waals surface area contributed by atoms with Gasteiger partial charge in [-0.2, -0.15) is 0 Å². The molecule has 2 aromatic carbocycles. The maximum Gasteiger partial charge on any atom is 0.242 e. The minimum atomic E-state index is -3.82. The summed E-state index contributed by atoms with van der Waals surface area (Å²) in [4.78, 5) is 12.9. The van der Waals surface area contributed by atoms with E-state index in [9.17, 15) is 13.2 Å². The number of nitrogens with one attached hydrogen (secondary N) is 1. The van der Waals surface area contributed by atoms with E-state index in [1.54, 1.807) is 31.2 Å². The predicted molar refractivity (Wildman–Crippen MR) is 93.1 cm³/mol. The molecule has 4 rings (SSSR count). The molecule has 5 nitrogen and oxygen atoms in total. The normalized spacial score (nSPS) is 27.8. The van der Waals surface area contributed by atoms with Crippen LogP contribution in [0.25, 0.3) is 0 Å². The van der Waals surface area contributed by atoms with E-state index >= 15 is 0 Å². The largest absolute Gasteiger partial charge is 0.468 e. The summed E-state index contributed by atoms with van der Waals surface area (Å²) in [6.07, 6.45) is 0.422.